The summed E-state index contributed by atoms with van der Waals surface area (Å²) >= 11 is 0. The van der Waals surface area contributed by atoms with Crippen molar-refractivity contribution in [3.05, 3.63) is 35.6 Å². The molecule has 0 saturated heterocycles. The van der Waals surface area contributed by atoms with Crippen LogP contribution in [-0.2, 0) is 0 Å². The number of benzene rings is 1. The maximum absolute atomic E-state index is 12.8. The largest absolute Gasteiger partial charge is 0.309 e. The fourth-order valence-corrected chi connectivity index (χ4v) is 1.24. The Bertz CT molecular complexity index is 330. The van der Waals surface area contributed by atoms with E-state index in [1.807, 2.05) is 19.1 Å². The lowest BCUT2D eigenvalue weighted by Gasteiger charge is -2.12. The van der Waals surface area contributed by atoms with Crippen LogP contribution in [0.1, 0.15) is 24.9 Å². The van der Waals surface area contributed by atoms with E-state index in [0.717, 1.165) is 5.56 Å². The Balaban J connectivity index is 2.52. The van der Waals surface area contributed by atoms with Gasteiger partial charge in [0, 0.05) is 19.0 Å². The van der Waals surface area contributed by atoms with Crippen LogP contribution in [0.5, 0.6) is 0 Å². The highest BCUT2D eigenvalue weighted by molar-refractivity contribution is 5.19. The van der Waals surface area contributed by atoms with Gasteiger partial charge in [-0.3, -0.25) is 0 Å². The molecule has 0 spiro atoms. The Hall–Kier alpha value is -1.40. The maximum atomic E-state index is 12.8. The third kappa shape index (κ3) is 3.15. The highest BCUT2D eigenvalue weighted by atomic mass is 19.1. The first kappa shape index (κ1) is 10.7. The zero-order valence-corrected chi connectivity index (χ0v) is 8.13. The second kappa shape index (κ2) is 5.36. The van der Waals surface area contributed by atoms with Crippen molar-refractivity contribution in [1.82, 2.24) is 5.32 Å². The molecule has 0 heterocycles. The lowest BCUT2D eigenvalue weighted by atomic mass is 10.1. The number of nitrogens with one attached hydrogen (secondary N) is 1. The molecule has 0 aromatic heterocycles. The van der Waals surface area contributed by atoms with E-state index in [0.29, 0.717) is 13.0 Å². The Kier molecular flexibility index (Phi) is 4.09. The van der Waals surface area contributed by atoms with Crippen LogP contribution in [0.3, 0.4) is 0 Å². The predicted octanol–water partition coefficient (Wildman–Crippen LogP) is 2.39. The summed E-state index contributed by atoms with van der Waals surface area (Å²) in [4.78, 5) is 0. The van der Waals surface area contributed by atoms with E-state index < -0.39 is 0 Å². The van der Waals surface area contributed by atoms with Gasteiger partial charge in [0.15, 0.2) is 0 Å². The molecule has 0 saturated carbocycles. The number of nitriles is 1. The number of rotatable bonds is 4. The summed E-state index contributed by atoms with van der Waals surface area (Å²) in [5.41, 5.74) is 0.905. The summed E-state index contributed by atoms with van der Waals surface area (Å²) in [6.45, 7) is 2.58. The minimum atomic E-state index is -0.226. The van der Waals surface area contributed by atoms with Gasteiger partial charge >= 0.3 is 0 Å². The Morgan fingerprint density at radius 3 is 3.00 bits per heavy atom. The molecule has 3 heteroatoms. The molecule has 0 radical (unpaired) electrons. The van der Waals surface area contributed by atoms with E-state index in [2.05, 4.69) is 5.32 Å². The average molecular weight is 192 g/mol. The third-order valence-electron chi connectivity index (χ3n) is 2.04. The molecule has 0 bridgehead atoms. The lowest BCUT2D eigenvalue weighted by molar-refractivity contribution is 0.572. The molecule has 0 fully saturated rings. The van der Waals surface area contributed by atoms with Crippen molar-refractivity contribution in [3.8, 4) is 6.07 Å². The van der Waals surface area contributed by atoms with Crippen LogP contribution in [0.15, 0.2) is 24.3 Å². The van der Waals surface area contributed by atoms with E-state index in [1.165, 1.54) is 12.1 Å². The second-order valence-corrected chi connectivity index (χ2v) is 3.14. The van der Waals surface area contributed by atoms with Crippen LogP contribution in [0, 0.1) is 17.1 Å². The highest BCUT2D eigenvalue weighted by Gasteiger charge is 2.04. The molecular weight excluding hydrogens is 179 g/mol. The average Bonchev–Trinajstić information content (AvgIpc) is 2.18. The molecule has 0 aliphatic carbocycles. The molecule has 1 rings (SSSR count). The Labute approximate surface area is 83.4 Å². The third-order valence-corrected chi connectivity index (χ3v) is 2.04. The molecule has 0 aliphatic rings. The molecule has 0 amide bonds. The number of hydrogen-bond acceptors (Lipinski definition) is 2. The summed E-state index contributed by atoms with van der Waals surface area (Å²) in [6, 6.07) is 8.61. The second-order valence-electron chi connectivity index (χ2n) is 3.14. The van der Waals surface area contributed by atoms with E-state index in [4.69, 9.17) is 5.26 Å². The van der Waals surface area contributed by atoms with Gasteiger partial charge in [-0.15, -0.1) is 0 Å². The summed E-state index contributed by atoms with van der Waals surface area (Å²) in [6.07, 6.45) is 0.472. The van der Waals surface area contributed by atoms with Gasteiger partial charge in [-0.1, -0.05) is 12.1 Å². The molecule has 14 heavy (non-hydrogen) atoms. The van der Waals surface area contributed by atoms with Gasteiger partial charge in [0.05, 0.1) is 6.07 Å². The van der Waals surface area contributed by atoms with Crippen LogP contribution in [0.2, 0.25) is 0 Å². The lowest BCUT2D eigenvalue weighted by Crippen LogP contribution is -2.19. The minimum Gasteiger partial charge on any atom is -0.309 e. The minimum absolute atomic E-state index is 0.0825. The van der Waals surface area contributed by atoms with Crippen molar-refractivity contribution < 1.29 is 4.39 Å². The van der Waals surface area contributed by atoms with Crippen LogP contribution >= 0.6 is 0 Å². The zero-order chi connectivity index (χ0) is 10.4. The quantitative estimate of drug-likeness (QED) is 0.743. The Morgan fingerprint density at radius 1 is 1.57 bits per heavy atom. The standard InChI is InChI=1S/C11H13FN2/c1-9(14-7-3-6-13)10-4-2-5-11(12)8-10/h2,4-5,8-9,14H,3,7H2,1H3/t9-/m0/s1. The van der Waals surface area contributed by atoms with E-state index in [1.54, 1.807) is 6.07 Å². The molecule has 1 N–H and O–H groups in total. The van der Waals surface area contributed by atoms with Gasteiger partial charge in [-0.05, 0) is 24.6 Å². The molecule has 2 nitrogen and oxygen atoms in total. The normalized spacial score (nSPS) is 12.1. The number of nitrogens with zero attached hydrogens (tertiary/aromatic N) is 1. The van der Waals surface area contributed by atoms with Crippen molar-refractivity contribution in [2.75, 3.05) is 6.54 Å². The molecular formula is C11H13FN2. The van der Waals surface area contributed by atoms with Gasteiger partial charge in [-0.25, -0.2) is 4.39 Å². The van der Waals surface area contributed by atoms with Gasteiger partial charge in [0.25, 0.3) is 0 Å². The first-order valence-corrected chi connectivity index (χ1v) is 4.60. The molecule has 0 unspecified atom stereocenters. The van der Waals surface area contributed by atoms with Crippen LogP contribution in [0.25, 0.3) is 0 Å². The monoisotopic (exact) mass is 192 g/mol. The van der Waals surface area contributed by atoms with Crippen LogP contribution < -0.4 is 5.32 Å². The summed E-state index contributed by atoms with van der Waals surface area (Å²) in [5.74, 6) is -0.226. The van der Waals surface area contributed by atoms with Crippen molar-refractivity contribution in [1.29, 1.82) is 5.26 Å². The van der Waals surface area contributed by atoms with Crippen molar-refractivity contribution in [2.45, 2.75) is 19.4 Å². The van der Waals surface area contributed by atoms with Gasteiger partial charge in [0.1, 0.15) is 5.82 Å². The highest BCUT2D eigenvalue weighted by Crippen LogP contribution is 2.12. The molecule has 1 aromatic carbocycles. The van der Waals surface area contributed by atoms with Crippen LogP contribution in [-0.4, -0.2) is 6.54 Å². The maximum Gasteiger partial charge on any atom is 0.123 e. The van der Waals surface area contributed by atoms with Gasteiger partial charge in [-0.2, -0.15) is 5.26 Å². The topological polar surface area (TPSA) is 35.8 Å². The fraction of sp³-hybridized carbons (Fsp3) is 0.364. The van der Waals surface area contributed by atoms with E-state index in [9.17, 15) is 4.39 Å². The van der Waals surface area contributed by atoms with Crippen molar-refractivity contribution in [3.63, 3.8) is 0 Å². The SMILES string of the molecule is C[C@H](NCCC#N)c1cccc(F)c1. The van der Waals surface area contributed by atoms with Crippen molar-refractivity contribution in [2.24, 2.45) is 0 Å². The van der Waals surface area contributed by atoms with E-state index >= 15 is 0 Å². The molecule has 0 aliphatic heterocycles. The van der Waals surface area contributed by atoms with Crippen molar-refractivity contribution >= 4 is 0 Å². The molecule has 1 atom stereocenters. The number of hydrogen-bond donors (Lipinski definition) is 1. The summed E-state index contributed by atoms with van der Waals surface area (Å²) in [5, 5.41) is 11.5. The summed E-state index contributed by atoms with van der Waals surface area (Å²) < 4.78 is 12.8. The number of halogens is 1. The van der Waals surface area contributed by atoms with Gasteiger partial charge in [0.2, 0.25) is 0 Å². The first-order valence-electron chi connectivity index (χ1n) is 4.60. The Morgan fingerprint density at radius 2 is 2.36 bits per heavy atom. The van der Waals surface area contributed by atoms with Gasteiger partial charge < -0.3 is 5.32 Å². The van der Waals surface area contributed by atoms with Crippen LogP contribution in [0.4, 0.5) is 4.39 Å². The summed E-state index contributed by atoms with van der Waals surface area (Å²) in [7, 11) is 0. The van der Waals surface area contributed by atoms with E-state index in [-0.39, 0.29) is 11.9 Å². The predicted molar refractivity (Wildman–Crippen MR) is 53.0 cm³/mol. The fourth-order valence-electron chi connectivity index (χ4n) is 1.24. The first-order chi connectivity index (χ1) is 6.74. The zero-order valence-electron chi connectivity index (χ0n) is 8.13. The molecule has 1 aromatic rings. The molecule has 74 valence electrons. The smallest absolute Gasteiger partial charge is 0.123 e.